The van der Waals surface area contributed by atoms with Crippen LogP contribution in [0.3, 0.4) is 0 Å². The SMILES string of the molecule is CCNC(=O)NC1(C(=O)N2CCC(CNC)C2)CCCC1. The van der Waals surface area contributed by atoms with Gasteiger partial charge < -0.3 is 20.9 Å². The third-order valence-corrected chi connectivity index (χ3v) is 4.62. The van der Waals surface area contributed by atoms with Crippen molar-refractivity contribution < 1.29 is 9.59 Å². The number of carbonyl (C=O) groups is 2. The fraction of sp³-hybridized carbons (Fsp3) is 0.867. The van der Waals surface area contributed by atoms with E-state index in [-0.39, 0.29) is 11.9 Å². The summed E-state index contributed by atoms with van der Waals surface area (Å²) in [5.74, 6) is 0.645. The fourth-order valence-electron chi connectivity index (χ4n) is 3.57. The standard InChI is InChI=1S/C15H28N4O2/c1-3-17-14(21)18-15(7-4-5-8-15)13(20)19-9-6-12(11-19)10-16-2/h12,16H,3-11H2,1-2H3,(H2,17,18,21). The van der Waals surface area contributed by atoms with Crippen molar-refractivity contribution in [2.45, 2.75) is 44.6 Å². The zero-order valence-electron chi connectivity index (χ0n) is 13.2. The molecule has 2 rings (SSSR count). The third-order valence-electron chi connectivity index (χ3n) is 4.62. The summed E-state index contributed by atoms with van der Waals surface area (Å²) in [6, 6.07) is -0.223. The minimum atomic E-state index is -0.673. The molecule has 1 saturated carbocycles. The maximum Gasteiger partial charge on any atom is 0.315 e. The number of likely N-dealkylation sites (tertiary alicyclic amines) is 1. The lowest BCUT2D eigenvalue weighted by Crippen LogP contribution is -2.59. The summed E-state index contributed by atoms with van der Waals surface area (Å²) in [6.45, 7) is 5.01. The molecule has 21 heavy (non-hydrogen) atoms. The number of urea groups is 1. The van der Waals surface area contributed by atoms with Gasteiger partial charge in [-0.2, -0.15) is 0 Å². The van der Waals surface area contributed by atoms with Crippen molar-refractivity contribution in [2.75, 3.05) is 33.2 Å². The Morgan fingerprint density at radius 3 is 2.62 bits per heavy atom. The van der Waals surface area contributed by atoms with E-state index in [1.165, 1.54) is 0 Å². The van der Waals surface area contributed by atoms with Gasteiger partial charge in [0, 0.05) is 19.6 Å². The lowest BCUT2D eigenvalue weighted by atomic mass is 9.95. The Kier molecular flexibility index (Phi) is 5.45. The monoisotopic (exact) mass is 296 g/mol. The summed E-state index contributed by atoms with van der Waals surface area (Å²) in [7, 11) is 1.94. The summed E-state index contributed by atoms with van der Waals surface area (Å²) in [4.78, 5) is 26.8. The smallest absolute Gasteiger partial charge is 0.315 e. The van der Waals surface area contributed by atoms with Crippen LogP contribution in [0.5, 0.6) is 0 Å². The van der Waals surface area contributed by atoms with E-state index >= 15 is 0 Å². The summed E-state index contributed by atoms with van der Waals surface area (Å²) >= 11 is 0. The van der Waals surface area contributed by atoms with Crippen LogP contribution in [0.1, 0.15) is 39.0 Å². The Labute approximate surface area is 127 Å². The summed E-state index contributed by atoms with van der Waals surface area (Å²) < 4.78 is 0. The van der Waals surface area contributed by atoms with Gasteiger partial charge in [-0.3, -0.25) is 4.79 Å². The van der Waals surface area contributed by atoms with Gasteiger partial charge in [0.2, 0.25) is 5.91 Å². The van der Waals surface area contributed by atoms with Crippen molar-refractivity contribution in [1.29, 1.82) is 0 Å². The Balaban J connectivity index is 2.01. The molecule has 0 bridgehead atoms. The van der Waals surface area contributed by atoms with Crippen molar-refractivity contribution in [2.24, 2.45) is 5.92 Å². The molecule has 0 radical (unpaired) electrons. The molecule has 2 aliphatic rings. The van der Waals surface area contributed by atoms with Gasteiger partial charge in [-0.1, -0.05) is 12.8 Å². The van der Waals surface area contributed by atoms with E-state index in [0.29, 0.717) is 12.5 Å². The van der Waals surface area contributed by atoms with Gasteiger partial charge >= 0.3 is 6.03 Å². The molecule has 0 aromatic heterocycles. The van der Waals surface area contributed by atoms with Gasteiger partial charge in [0.25, 0.3) is 0 Å². The topological polar surface area (TPSA) is 73.5 Å². The van der Waals surface area contributed by atoms with Crippen molar-refractivity contribution >= 4 is 11.9 Å². The van der Waals surface area contributed by atoms with Crippen molar-refractivity contribution in [1.82, 2.24) is 20.9 Å². The zero-order chi connectivity index (χ0) is 15.3. The van der Waals surface area contributed by atoms with Crippen LogP contribution in [0.25, 0.3) is 0 Å². The van der Waals surface area contributed by atoms with Crippen LogP contribution in [0.2, 0.25) is 0 Å². The molecule has 2 fully saturated rings. The molecule has 0 spiro atoms. The second-order valence-electron chi connectivity index (χ2n) is 6.24. The Morgan fingerprint density at radius 2 is 2.00 bits per heavy atom. The van der Waals surface area contributed by atoms with Gasteiger partial charge in [0.15, 0.2) is 0 Å². The molecule has 120 valence electrons. The zero-order valence-corrected chi connectivity index (χ0v) is 13.2. The number of rotatable bonds is 5. The van der Waals surface area contributed by atoms with Gasteiger partial charge in [-0.15, -0.1) is 0 Å². The predicted octanol–water partition coefficient (Wildman–Crippen LogP) is 0.686. The van der Waals surface area contributed by atoms with Crippen LogP contribution in [0.4, 0.5) is 4.79 Å². The number of nitrogens with one attached hydrogen (secondary N) is 3. The Morgan fingerprint density at radius 1 is 1.29 bits per heavy atom. The van der Waals surface area contributed by atoms with Crippen LogP contribution in [-0.4, -0.2) is 55.6 Å². The van der Waals surface area contributed by atoms with E-state index in [2.05, 4.69) is 16.0 Å². The van der Waals surface area contributed by atoms with Crippen molar-refractivity contribution in [3.63, 3.8) is 0 Å². The highest BCUT2D eigenvalue weighted by Crippen LogP contribution is 2.33. The molecule has 1 saturated heterocycles. The lowest BCUT2D eigenvalue weighted by molar-refractivity contribution is -0.136. The number of hydrogen-bond acceptors (Lipinski definition) is 3. The molecular weight excluding hydrogens is 268 g/mol. The first-order valence-corrected chi connectivity index (χ1v) is 8.11. The molecule has 1 aliphatic carbocycles. The quantitative estimate of drug-likeness (QED) is 0.699. The Hall–Kier alpha value is -1.30. The highest BCUT2D eigenvalue weighted by atomic mass is 16.2. The molecule has 6 nitrogen and oxygen atoms in total. The average molecular weight is 296 g/mol. The average Bonchev–Trinajstić information content (AvgIpc) is 3.09. The van der Waals surface area contributed by atoms with Gasteiger partial charge in [0.05, 0.1) is 0 Å². The van der Waals surface area contributed by atoms with E-state index in [0.717, 1.165) is 51.7 Å². The first-order chi connectivity index (χ1) is 10.1. The Bertz CT molecular complexity index is 380. The van der Waals surface area contributed by atoms with E-state index in [4.69, 9.17) is 0 Å². The van der Waals surface area contributed by atoms with E-state index in [9.17, 15) is 9.59 Å². The summed E-state index contributed by atoms with van der Waals surface area (Å²) in [6.07, 6.45) is 4.58. The van der Waals surface area contributed by atoms with E-state index in [1.54, 1.807) is 0 Å². The maximum absolute atomic E-state index is 12.9. The van der Waals surface area contributed by atoms with Crippen LogP contribution >= 0.6 is 0 Å². The van der Waals surface area contributed by atoms with Crippen molar-refractivity contribution in [3.05, 3.63) is 0 Å². The largest absolute Gasteiger partial charge is 0.340 e. The normalized spacial score (nSPS) is 24.1. The highest BCUT2D eigenvalue weighted by Gasteiger charge is 2.46. The molecule has 3 amide bonds. The second kappa shape index (κ2) is 7.11. The minimum absolute atomic E-state index is 0.116. The number of hydrogen-bond donors (Lipinski definition) is 3. The number of amides is 3. The highest BCUT2D eigenvalue weighted by molar-refractivity contribution is 5.91. The van der Waals surface area contributed by atoms with Gasteiger partial charge in [-0.25, -0.2) is 4.79 Å². The molecule has 0 aromatic rings. The minimum Gasteiger partial charge on any atom is -0.340 e. The van der Waals surface area contributed by atoms with Gasteiger partial charge in [-0.05, 0) is 45.7 Å². The molecule has 1 aliphatic heterocycles. The summed E-state index contributed by atoms with van der Waals surface area (Å²) in [5, 5.41) is 8.88. The molecule has 1 heterocycles. The molecule has 0 aromatic carbocycles. The maximum atomic E-state index is 12.9. The molecule has 1 atom stereocenters. The second-order valence-corrected chi connectivity index (χ2v) is 6.24. The van der Waals surface area contributed by atoms with Gasteiger partial charge in [0.1, 0.15) is 5.54 Å². The predicted molar refractivity (Wildman–Crippen MR) is 82.0 cm³/mol. The number of carbonyl (C=O) groups excluding carboxylic acids is 2. The van der Waals surface area contributed by atoms with Crippen molar-refractivity contribution in [3.8, 4) is 0 Å². The fourth-order valence-corrected chi connectivity index (χ4v) is 3.57. The first kappa shape index (κ1) is 16.1. The molecule has 3 N–H and O–H groups in total. The van der Waals surface area contributed by atoms with Crippen LogP contribution < -0.4 is 16.0 Å². The molecular formula is C15H28N4O2. The van der Waals surface area contributed by atoms with Crippen LogP contribution in [-0.2, 0) is 4.79 Å². The third kappa shape index (κ3) is 3.67. The van der Waals surface area contributed by atoms with Crippen LogP contribution in [0.15, 0.2) is 0 Å². The van der Waals surface area contributed by atoms with E-state index < -0.39 is 5.54 Å². The molecule has 1 unspecified atom stereocenters. The summed E-state index contributed by atoms with van der Waals surface area (Å²) in [5.41, 5.74) is -0.673. The number of nitrogens with zero attached hydrogens (tertiary/aromatic N) is 1. The first-order valence-electron chi connectivity index (χ1n) is 8.11. The van der Waals surface area contributed by atoms with Crippen LogP contribution in [0, 0.1) is 5.92 Å². The van der Waals surface area contributed by atoms with E-state index in [1.807, 2.05) is 18.9 Å². The molecule has 6 heteroatoms. The lowest BCUT2D eigenvalue weighted by Gasteiger charge is -2.33.